The predicted molar refractivity (Wildman–Crippen MR) is 93.5 cm³/mol. The quantitative estimate of drug-likeness (QED) is 0.238. The highest BCUT2D eigenvalue weighted by atomic mass is 19.4. The van der Waals surface area contributed by atoms with Gasteiger partial charge < -0.3 is 4.74 Å². The predicted octanol–water partition coefficient (Wildman–Crippen LogP) is 6.92. The van der Waals surface area contributed by atoms with Crippen LogP contribution in [0.1, 0.15) is 87.6 Å². The van der Waals surface area contributed by atoms with E-state index in [0.29, 0.717) is 31.0 Å². The van der Waals surface area contributed by atoms with Crippen LogP contribution in [0.3, 0.4) is 0 Å². The third kappa shape index (κ3) is 7.75. The zero-order chi connectivity index (χ0) is 19.6. The van der Waals surface area contributed by atoms with Crippen LogP contribution >= 0.6 is 0 Å². The summed E-state index contributed by atoms with van der Waals surface area (Å²) in [5.41, 5.74) is -1.72. The highest BCUT2D eigenvalue weighted by Crippen LogP contribution is 2.30. The number of halogens is 4. The van der Waals surface area contributed by atoms with E-state index in [1.54, 1.807) is 0 Å². The number of hydrogen-bond acceptors (Lipinski definition) is 2. The van der Waals surface area contributed by atoms with Gasteiger partial charge in [-0.1, -0.05) is 52.4 Å². The first-order valence-electron chi connectivity index (χ1n) is 9.37. The van der Waals surface area contributed by atoms with Crippen molar-refractivity contribution in [2.24, 2.45) is 0 Å². The van der Waals surface area contributed by atoms with Crippen molar-refractivity contribution in [3.05, 3.63) is 35.1 Å². The van der Waals surface area contributed by atoms with Gasteiger partial charge in [0.05, 0.1) is 11.1 Å². The summed E-state index contributed by atoms with van der Waals surface area (Å²) in [7, 11) is 0. The molecule has 0 fully saturated rings. The molecule has 0 bridgehead atoms. The minimum atomic E-state index is -4.63. The molecule has 0 heterocycles. The number of carbonyl (C=O) groups excluding carboxylic acids is 1. The standard InChI is InChI=1S/C20H28F4O2/c1-3-5-6-7-8-9-11-16(10-4-2)26-19(25)17-14-15(20(22,23)24)12-13-18(17)21/h12-14,16H,3-11H2,1-2H3. The Hall–Kier alpha value is -1.59. The summed E-state index contributed by atoms with van der Waals surface area (Å²) in [6.07, 6.45) is 3.56. The lowest BCUT2D eigenvalue weighted by molar-refractivity contribution is -0.137. The maximum absolute atomic E-state index is 13.8. The summed E-state index contributed by atoms with van der Waals surface area (Å²) in [6.45, 7) is 4.08. The molecule has 0 amide bonds. The molecule has 1 unspecified atom stereocenters. The number of carbonyl (C=O) groups is 1. The van der Waals surface area contributed by atoms with E-state index in [2.05, 4.69) is 6.92 Å². The molecule has 1 aromatic rings. The van der Waals surface area contributed by atoms with E-state index in [-0.39, 0.29) is 0 Å². The Morgan fingerprint density at radius 2 is 1.65 bits per heavy atom. The Morgan fingerprint density at radius 1 is 1.00 bits per heavy atom. The molecule has 148 valence electrons. The summed E-state index contributed by atoms with van der Waals surface area (Å²) < 4.78 is 57.4. The fourth-order valence-electron chi connectivity index (χ4n) is 2.81. The van der Waals surface area contributed by atoms with Crippen LogP contribution < -0.4 is 0 Å². The van der Waals surface area contributed by atoms with Gasteiger partial charge in [-0.25, -0.2) is 9.18 Å². The van der Waals surface area contributed by atoms with Gasteiger partial charge >= 0.3 is 12.1 Å². The summed E-state index contributed by atoms with van der Waals surface area (Å²) in [6, 6.07) is 1.79. The first-order chi connectivity index (χ1) is 12.3. The van der Waals surface area contributed by atoms with Crippen molar-refractivity contribution in [3.63, 3.8) is 0 Å². The van der Waals surface area contributed by atoms with Crippen LogP contribution in [0.4, 0.5) is 17.6 Å². The van der Waals surface area contributed by atoms with Crippen LogP contribution in [0.5, 0.6) is 0 Å². The van der Waals surface area contributed by atoms with Crippen molar-refractivity contribution in [3.8, 4) is 0 Å². The molecule has 0 saturated carbocycles. The minimum absolute atomic E-state index is 0.396. The first kappa shape index (κ1) is 22.5. The molecule has 1 rings (SSSR count). The van der Waals surface area contributed by atoms with Crippen molar-refractivity contribution < 1.29 is 27.1 Å². The van der Waals surface area contributed by atoms with Crippen LogP contribution in [0.25, 0.3) is 0 Å². The normalized spacial score (nSPS) is 12.8. The first-order valence-corrected chi connectivity index (χ1v) is 9.37. The molecule has 0 N–H and O–H groups in total. The van der Waals surface area contributed by atoms with Gasteiger partial charge in [0.2, 0.25) is 0 Å². The van der Waals surface area contributed by atoms with Gasteiger partial charge in [-0.05, 0) is 37.5 Å². The second-order valence-electron chi connectivity index (χ2n) is 6.56. The second-order valence-corrected chi connectivity index (χ2v) is 6.56. The maximum Gasteiger partial charge on any atom is 0.416 e. The van der Waals surface area contributed by atoms with Crippen LogP contribution in [-0.4, -0.2) is 12.1 Å². The molecule has 0 saturated heterocycles. The number of unbranched alkanes of at least 4 members (excludes halogenated alkanes) is 5. The van der Waals surface area contributed by atoms with Gasteiger partial charge in [0.25, 0.3) is 0 Å². The molecular formula is C20H28F4O2. The highest BCUT2D eigenvalue weighted by molar-refractivity contribution is 5.90. The fraction of sp³-hybridized carbons (Fsp3) is 0.650. The fourth-order valence-corrected chi connectivity index (χ4v) is 2.81. The third-order valence-corrected chi connectivity index (χ3v) is 4.28. The molecule has 26 heavy (non-hydrogen) atoms. The molecule has 2 nitrogen and oxygen atoms in total. The van der Waals surface area contributed by atoms with Gasteiger partial charge in [-0.15, -0.1) is 0 Å². The second kappa shape index (κ2) is 11.2. The van der Waals surface area contributed by atoms with E-state index in [1.165, 1.54) is 19.3 Å². The summed E-state index contributed by atoms with van der Waals surface area (Å²) >= 11 is 0. The topological polar surface area (TPSA) is 26.3 Å². The van der Waals surface area contributed by atoms with Crippen molar-refractivity contribution in [2.75, 3.05) is 0 Å². The van der Waals surface area contributed by atoms with Crippen LogP contribution in [0.2, 0.25) is 0 Å². The van der Waals surface area contributed by atoms with Crippen molar-refractivity contribution in [1.82, 2.24) is 0 Å². The lowest BCUT2D eigenvalue weighted by atomic mass is 10.0. The molecule has 0 spiro atoms. The molecule has 0 aliphatic carbocycles. The lowest BCUT2D eigenvalue weighted by Gasteiger charge is -2.18. The molecule has 0 aliphatic heterocycles. The number of hydrogen-bond donors (Lipinski definition) is 0. The average molecular weight is 376 g/mol. The smallest absolute Gasteiger partial charge is 0.416 e. The lowest BCUT2D eigenvalue weighted by Crippen LogP contribution is -2.20. The molecule has 1 atom stereocenters. The van der Waals surface area contributed by atoms with Crippen LogP contribution in [0.15, 0.2) is 18.2 Å². The van der Waals surface area contributed by atoms with Crippen molar-refractivity contribution in [1.29, 1.82) is 0 Å². The minimum Gasteiger partial charge on any atom is -0.459 e. The molecule has 6 heteroatoms. The zero-order valence-corrected chi connectivity index (χ0v) is 15.5. The Morgan fingerprint density at radius 3 is 2.27 bits per heavy atom. The summed E-state index contributed by atoms with van der Waals surface area (Å²) in [5, 5.41) is 0. The van der Waals surface area contributed by atoms with Crippen molar-refractivity contribution in [2.45, 2.75) is 83.9 Å². The van der Waals surface area contributed by atoms with Gasteiger partial charge in [0, 0.05) is 0 Å². The SMILES string of the molecule is CCCCCCCCC(CCC)OC(=O)c1cc(C(F)(F)F)ccc1F. The number of esters is 1. The molecule has 1 aromatic carbocycles. The van der Waals surface area contributed by atoms with Gasteiger partial charge in [0.1, 0.15) is 11.9 Å². The van der Waals surface area contributed by atoms with E-state index < -0.39 is 35.2 Å². The van der Waals surface area contributed by atoms with E-state index >= 15 is 0 Å². The van der Waals surface area contributed by atoms with Crippen LogP contribution in [0, 0.1) is 5.82 Å². The van der Waals surface area contributed by atoms with Gasteiger partial charge in [-0.3, -0.25) is 0 Å². The summed E-state index contributed by atoms with van der Waals surface area (Å²) in [5.74, 6) is -2.03. The average Bonchev–Trinajstić information content (AvgIpc) is 2.57. The number of alkyl halides is 3. The zero-order valence-electron chi connectivity index (χ0n) is 15.5. The molecule has 0 radical (unpaired) electrons. The number of ether oxygens (including phenoxy) is 1. The Balaban J connectivity index is 2.66. The summed E-state index contributed by atoms with van der Waals surface area (Å²) in [4.78, 5) is 12.2. The Labute approximate surface area is 152 Å². The van der Waals surface area contributed by atoms with E-state index in [1.807, 2.05) is 6.92 Å². The maximum atomic E-state index is 13.8. The van der Waals surface area contributed by atoms with Crippen LogP contribution in [-0.2, 0) is 10.9 Å². The Bertz CT molecular complexity index is 555. The van der Waals surface area contributed by atoms with Gasteiger partial charge in [-0.2, -0.15) is 13.2 Å². The molecule has 0 aromatic heterocycles. The van der Waals surface area contributed by atoms with E-state index in [9.17, 15) is 22.4 Å². The molecule has 0 aliphatic rings. The third-order valence-electron chi connectivity index (χ3n) is 4.28. The monoisotopic (exact) mass is 376 g/mol. The van der Waals surface area contributed by atoms with E-state index in [4.69, 9.17) is 4.74 Å². The number of rotatable bonds is 11. The molecular weight excluding hydrogens is 348 g/mol. The van der Waals surface area contributed by atoms with Gasteiger partial charge in [0.15, 0.2) is 0 Å². The van der Waals surface area contributed by atoms with E-state index in [0.717, 1.165) is 25.7 Å². The number of benzene rings is 1. The highest BCUT2D eigenvalue weighted by Gasteiger charge is 2.32. The Kier molecular flexibility index (Phi) is 9.66. The van der Waals surface area contributed by atoms with Crippen molar-refractivity contribution >= 4 is 5.97 Å². The largest absolute Gasteiger partial charge is 0.459 e.